The monoisotopic (exact) mass is 481 g/mol. The lowest BCUT2D eigenvalue weighted by Crippen LogP contribution is -2.40. The number of benzene rings is 1. The molecule has 2 rings (SSSR count). The van der Waals surface area contributed by atoms with E-state index in [0.29, 0.717) is 18.5 Å². The fourth-order valence-electron chi connectivity index (χ4n) is 2.68. The maximum atomic E-state index is 5.95. The zero-order valence-electron chi connectivity index (χ0n) is 13.1. The van der Waals surface area contributed by atoms with Gasteiger partial charge >= 0.3 is 0 Å². The number of hydrogen-bond donors (Lipinski definition) is 2. The molecule has 1 saturated heterocycles. The summed E-state index contributed by atoms with van der Waals surface area (Å²) in [4.78, 5) is 4.58. The van der Waals surface area contributed by atoms with Crippen molar-refractivity contribution in [2.24, 2.45) is 10.7 Å². The molecular weight excluding hydrogens is 457 g/mol. The van der Waals surface area contributed by atoms with Gasteiger partial charge in [0.1, 0.15) is 0 Å². The molecule has 3 N–H and O–H groups in total. The van der Waals surface area contributed by atoms with E-state index in [1.807, 2.05) is 0 Å². The first-order valence-corrected chi connectivity index (χ1v) is 8.21. The third kappa shape index (κ3) is 5.38. The van der Waals surface area contributed by atoms with Gasteiger partial charge in [-0.05, 0) is 44.4 Å². The number of aliphatic imine (C=N–C) groups is 1. The van der Waals surface area contributed by atoms with Gasteiger partial charge in [0.25, 0.3) is 0 Å². The minimum absolute atomic E-state index is 0. The Kier molecular flexibility index (Phi) is 8.13. The van der Waals surface area contributed by atoms with E-state index >= 15 is 0 Å². The van der Waals surface area contributed by atoms with Crippen LogP contribution < -0.4 is 11.1 Å². The Morgan fingerprint density at radius 2 is 1.91 bits per heavy atom. The number of halogens is 2. The summed E-state index contributed by atoms with van der Waals surface area (Å²) in [7, 11) is 0. The normalized spacial score (nSPS) is 17.9. The van der Waals surface area contributed by atoms with Gasteiger partial charge in [-0.25, -0.2) is 0 Å². The highest BCUT2D eigenvalue weighted by molar-refractivity contribution is 14.0. The summed E-state index contributed by atoms with van der Waals surface area (Å²) < 4.78 is 6.63. The summed E-state index contributed by atoms with van der Waals surface area (Å²) in [6.45, 7) is 6.37. The first-order valence-electron chi connectivity index (χ1n) is 7.42. The topological polar surface area (TPSA) is 59.6 Å². The molecule has 0 unspecified atom stereocenters. The van der Waals surface area contributed by atoms with Crippen molar-refractivity contribution in [1.82, 2.24) is 5.32 Å². The minimum Gasteiger partial charge on any atom is -0.381 e. The SMILES string of the molecule is CC(C)NC(N)=NCC1(c2ccc(Br)cc2)CCOCC1.I. The third-order valence-corrected chi connectivity index (χ3v) is 4.42. The van der Waals surface area contributed by atoms with Crippen molar-refractivity contribution in [2.45, 2.75) is 38.1 Å². The van der Waals surface area contributed by atoms with Crippen LogP contribution in [0.1, 0.15) is 32.3 Å². The predicted molar refractivity (Wildman–Crippen MR) is 106 cm³/mol. The van der Waals surface area contributed by atoms with Crippen molar-refractivity contribution >= 4 is 45.9 Å². The number of nitrogens with one attached hydrogen (secondary N) is 1. The van der Waals surface area contributed by atoms with E-state index in [1.165, 1.54) is 5.56 Å². The molecule has 0 radical (unpaired) electrons. The van der Waals surface area contributed by atoms with E-state index in [9.17, 15) is 0 Å². The Bertz CT molecular complexity index is 485. The molecule has 0 bridgehead atoms. The van der Waals surface area contributed by atoms with Crippen LogP contribution in [0.15, 0.2) is 33.7 Å². The second-order valence-electron chi connectivity index (χ2n) is 5.90. The average molecular weight is 482 g/mol. The molecule has 22 heavy (non-hydrogen) atoms. The Morgan fingerprint density at radius 3 is 2.45 bits per heavy atom. The van der Waals surface area contributed by atoms with Crippen LogP contribution in [-0.4, -0.2) is 31.8 Å². The molecule has 1 aromatic carbocycles. The van der Waals surface area contributed by atoms with Gasteiger partial charge in [0.05, 0.1) is 6.54 Å². The van der Waals surface area contributed by atoms with Crippen molar-refractivity contribution in [3.05, 3.63) is 34.3 Å². The second kappa shape index (κ2) is 9.08. The molecule has 0 saturated carbocycles. The molecule has 0 aromatic heterocycles. The molecule has 0 aliphatic carbocycles. The zero-order valence-corrected chi connectivity index (χ0v) is 17.1. The third-order valence-electron chi connectivity index (χ3n) is 3.90. The standard InChI is InChI=1S/C16H24BrN3O.HI/c1-12(2)20-15(18)19-11-16(7-9-21-10-8-16)13-3-5-14(17)6-4-13;/h3-6,12H,7-11H2,1-2H3,(H3,18,19,20);1H. The molecule has 1 aliphatic heterocycles. The van der Waals surface area contributed by atoms with Crippen LogP contribution in [0.25, 0.3) is 0 Å². The van der Waals surface area contributed by atoms with Crippen LogP contribution in [0.5, 0.6) is 0 Å². The summed E-state index contributed by atoms with van der Waals surface area (Å²) in [6, 6.07) is 8.83. The molecule has 124 valence electrons. The quantitative estimate of drug-likeness (QED) is 0.393. The van der Waals surface area contributed by atoms with Crippen LogP contribution in [0.2, 0.25) is 0 Å². The molecule has 0 amide bonds. The van der Waals surface area contributed by atoms with Gasteiger partial charge in [-0.1, -0.05) is 28.1 Å². The number of rotatable bonds is 4. The maximum absolute atomic E-state index is 5.95. The lowest BCUT2D eigenvalue weighted by atomic mass is 9.74. The van der Waals surface area contributed by atoms with Crippen LogP contribution in [0.4, 0.5) is 0 Å². The minimum atomic E-state index is 0. The molecule has 1 aromatic rings. The van der Waals surface area contributed by atoms with Crippen molar-refractivity contribution in [3.63, 3.8) is 0 Å². The van der Waals surface area contributed by atoms with E-state index in [1.54, 1.807) is 0 Å². The number of ether oxygens (including phenoxy) is 1. The number of nitrogens with zero attached hydrogens (tertiary/aromatic N) is 1. The van der Waals surface area contributed by atoms with Crippen molar-refractivity contribution in [1.29, 1.82) is 0 Å². The summed E-state index contributed by atoms with van der Waals surface area (Å²) >= 11 is 3.49. The fourth-order valence-corrected chi connectivity index (χ4v) is 2.95. The summed E-state index contributed by atoms with van der Waals surface area (Å²) in [6.07, 6.45) is 1.96. The Hall–Kier alpha value is -0.340. The lowest BCUT2D eigenvalue weighted by Gasteiger charge is -2.36. The van der Waals surface area contributed by atoms with E-state index in [4.69, 9.17) is 10.5 Å². The number of hydrogen-bond acceptors (Lipinski definition) is 2. The van der Waals surface area contributed by atoms with Crippen molar-refractivity contribution < 1.29 is 4.74 Å². The summed E-state index contributed by atoms with van der Waals surface area (Å²) in [5.74, 6) is 0.521. The summed E-state index contributed by atoms with van der Waals surface area (Å²) in [5, 5.41) is 3.15. The van der Waals surface area contributed by atoms with Gasteiger partial charge in [-0.2, -0.15) is 0 Å². The van der Waals surface area contributed by atoms with E-state index in [0.717, 1.165) is 30.5 Å². The van der Waals surface area contributed by atoms with Gasteiger partial charge < -0.3 is 15.8 Å². The Labute approximate surface area is 158 Å². The molecule has 0 spiro atoms. The van der Waals surface area contributed by atoms with Gasteiger partial charge in [0, 0.05) is 29.1 Å². The van der Waals surface area contributed by atoms with Gasteiger partial charge in [-0.15, -0.1) is 24.0 Å². The highest BCUT2D eigenvalue weighted by Crippen LogP contribution is 2.35. The molecule has 1 aliphatic rings. The van der Waals surface area contributed by atoms with Gasteiger partial charge in [-0.3, -0.25) is 4.99 Å². The van der Waals surface area contributed by atoms with E-state index < -0.39 is 0 Å². The number of nitrogens with two attached hydrogens (primary N) is 1. The van der Waals surface area contributed by atoms with E-state index in [2.05, 4.69) is 64.4 Å². The molecule has 6 heteroatoms. The largest absolute Gasteiger partial charge is 0.381 e. The molecule has 0 atom stereocenters. The molecule has 1 fully saturated rings. The molecular formula is C16H25BrIN3O. The highest BCUT2D eigenvalue weighted by Gasteiger charge is 2.34. The average Bonchev–Trinajstić information content (AvgIpc) is 2.46. The van der Waals surface area contributed by atoms with Crippen LogP contribution >= 0.6 is 39.9 Å². The van der Waals surface area contributed by atoms with Crippen molar-refractivity contribution in [2.75, 3.05) is 19.8 Å². The predicted octanol–water partition coefficient (Wildman–Crippen LogP) is 3.43. The Morgan fingerprint density at radius 1 is 1.32 bits per heavy atom. The fraction of sp³-hybridized carbons (Fsp3) is 0.562. The molecule has 1 heterocycles. The first kappa shape index (κ1) is 19.7. The molecule has 4 nitrogen and oxygen atoms in total. The summed E-state index contributed by atoms with van der Waals surface area (Å²) in [5.41, 5.74) is 7.30. The Balaban J connectivity index is 0.00000242. The van der Waals surface area contributed by atoms with E-state index in [-0.39, 0.29) is 29.4 Å². The lowest BCUT2D eigenvalue weighted by molar-refractivity contribution is 0.0531. The van der Waals surface area contributed by atoms with Crippen LogP contribution in [0, 0.1) is 0 Å². The smallest absolute Gasteiger partial charge is 0.188 e. The highest BCUT2D eigenvalue weighted by atomic mass is 127. The second-order valence-corrected chi connectivity index (χ2v) is 6.82. The van der Waals surface area contributed by atoms with Crippen LogP contribution in [-0.2, 0) is 10.2 Å². The van der Waals surface area contributed by atoms with Gasteiger partial charge in [0.15, 0.2) is 5.96 Å². The van der Waals surface area contributed by atoms with Crippen LogP contribution in [0.3, 0.4) is 0 Å². The van der Waals surface area contributed by atoms with Crippen molar-refractivity contribution in [3.8, 4) is 0 Å². The first-order chi connectivity index (χ1) is 10.0. The maximum Gasteiger partial charge on any atom is 0.188 e. The zero-order chi connectivity index (χ0) is 15.3. The number of guanidine groups is 1. The van der Waals surface area contributed by atoms with Gasteiger partial charge in [0.2, 0.25) is 0 Å².